The topological polar surface area (TPSA) is 133 Å². The predicted molar refractivity (Wildman–Crippen MR) is 109 cm³/mol. The summed E-state index contributed by atoms with van der Waals surface area (Å²) in [6.45, 7) is 0.865. The maximum atomic E-state index is 12.8. The number of nitrogens with two attached hydrogens (primary N) is 1. The molecule has 0 aliphatic carbocycles. The molecule has 0 spiro atoms. The molecule has 30 heavy (non-hydrogen) atoms. The Bertz CT molecular complexity index is 869. The molecule has 2 aliphatic rings. The van der Waals surface area contributed by atoms with E-state index in [2.05, 4.69) is 10.3 Å². The number of hydrogen-bond acceptors (Lipinski definition) is 8. The molecule has 1 fully saturated rings. The highest BCUT2D eigenvalue weighted by molar-refractivity contribution is 6.22. The van der Waals surface area contributed by atoms with Gasteiger partial charge in [-0.15, -0.1) is 0 Å². The van der Waals surface area contributed by atoms with Crippen LogP contribution >= 0.6 is 0 Å². The molecular formula is C19H27N6O5+. The molecule has 2 unspecified atom stereocenters. The molecule has 0 saturated carbocycles. The Hall–Kier alpha value is -3.18. The molecular weight excluding hydrogens is 392 g/mol. The monoisotopic (exact) mass is 419 g/mol. The van der Waals surface area contributed by atoms with Gasteiger partial charge in [-0.1, -0.05) is 4.99 Å². The highest BCUT2D eigenvalue weighted by Crippen LogP contribution is 2.20. The van der Waals surface area contributed by atoms with Crippen LogP contribution in [0.15, 0.2) is 29.3 Å². The largest absolute Gasteiger partial charge is 0.497 e. The lowest BCUT2D eigenvalue weighted by atomic mass is 10.1. The third-order valence-corrected chi connectivity index (χ3v) is 4.87. The second-order valence-corrected chi connectivity index (χ2v) is 6.94. The Morgan fingerprint density at radius 1 is 1.23 bits per heavy atom. The Balaban J connectivity index is 1.73. The Kier molecular flexibility index (Phi) is 6.53. The Labute approximate surface area is 174 Å². The number of benzene rings is 1. The number of aliphatic hydroxyl groups excluding tert-OH is 1. The summed E-state index contributed by atoms with van der Waals surface area (Å²) in [6, 6.07) is 5.72. The van der Waals surface area contributed by atoms with Crippen LogP contribution in [0.3, 0.4) is 0 Å². The lowest BCUT2D eigenvalue weighted by Crippen LogP contribution is -2.62. The van der Waals surface area contributed by atoms with Crippen LogP contribution in [0.2, 0.25) is 0 Å². The number of amides is 3. The van der Waals surface area contributed by atoms with E-state index in [0.29, 0.717) is 36.4 Å². The van der Waals surface area contributed by atoms with Gasteiger partial charge in [0.1, 0.15) is 24.2 Å². The predicted octanol–water partition coefficient (Wildman–Crippen LogP) is -1.34. The van der Waals surface area contributed by atoms with Crippen molar-refractivity contribution < 1.29 is 28.7 Å². The van der Waals surface area contributed by atoms with E-state index in [1.807, 2.05) is 0 Å². The molecule has 1 saturated heterocycles. The van der Waals surface area contributed by atoms with E-state index in [-0.39, 0.29) is 13.2 Å². The van der Waals surface area contributed by atoms with Gasteiger partial charge in [0.15, 0.2) is 0 Å². The maximum Gasteiger partial charge on any atom is 0.390 e. The van der Waals surface area contributed by atoms with Gasteiger partial charge in [0.2, 0.25) is 11.9 Å². The van der Waals surface area contributed by atoms with Crippen LogP contribution in [-0.4, -0.2) is 103 Å². The molecule has 162 valence electrons. The van der Waals surface area contributed by atoms with Crippen LogP contribution in [0.25, 0.3) is 0 Å². The summed E-state index contributed by atoms with van der Waals surface area (Å²) in [4.78, 5) is 31.8. The first kappa shape index (κ1) is 21.5. The summed E-state index contributed by atoms with van der Waals surface area (Å²) in [6.07, 6.45) is -0.919. The van der Waals surface area contributed by atoms with Crippen LogP contribution in [-0.2, 0) is 4.79 Å². The number of fused-ring (bicyclic) bond motifs is 1. The highest BCUT2D eigenvalue weighted by atomic mass is 16.5. The first-order valence-corrected chi connectivity index (χ1v) is 9.53. The molecule has 0 bridgehead atoms. The van der Waals surface area contributed by atoms with Gasteiger partial charge < -0.3 is 20.3 Å². The third-order valence-electron chi connectivity index (χ3n) is 4.87. The molecule has 11 nitrogen and oxygen atoms in total. The number of methoxy groups -OCH3 is 1. The zero-order valence-corrected chi connectivity index (χ0v) is 17.2. The van der Waals surface area contributed by atoms with Crippen molar-refractivity contribution in [3.05, 3.63) is 24.3 Å². The number of hydrogen-bond donors (Lipinski definition) is 3. The summed E-state index contributed by atoms with van der Waals surface area (Å²) in [5, 5.41) is 13.6. The molecule has 3 rings (SSSR count). The molecule has 2 atom stereocenters. The van der Waals surface area contributed by atoms with Crippen LogP contribution in [0.4, 0.5) is 4.79 Å². The summed E-state index contributed by atoms with van der Waals surface area (Å²) in [5.74, 6) is 1.56. The van der Waals surface area contributed by atoms with Gasteiger partial charge in [-0.25, -0.2) is 9.37 Å². The number of aliphatic hydroxyl groups is 1. The van der Waals surface area contributed by atoms with E-state index in [9.17, 15) is 14.7 Å². The number of carbonyl (C=O) groups excluding carboxylic acids is 2. The van der Waals surface area contributed by atoms with E-state index in [4.69, 9.17) is 15.2 Å². The van der Waals surface area contributed by atoms with E-state index >= 15 is 0 Å². The van der Waals surface area contributed by atoms with Crippen molar-refractivity contribution >= 4 is 23.7 Å². The summed E-state index contributed by atoms with van der Waals surface area (Å²) >= 11 is 0. The number of carbonyl (C=O) groups is 2. The van der Waals surface area contributed by atoms with Gasteiger partial charge in [0.05, 0.1) is 20.2 Å². The Morgan fingerprint density at radius 2 is 1.90 bits per heavy atom. The standard InChI is InChI=1S/C19H26N6O5/c1-23-16-15(17(27)24(2)19(23)28)25(18(22-16)21-9-8-20)10-12(26)11-30-14-6-4-13(29-3)5-7-14/h4-7,12,15,26H,8-11,20H2,1-3H3/p+1. The lowest BCUT2D eigenvalue weighted by Gasteiger charge is -2.32. The third kappa shape index (κ3) is 4.21. The highest BCUT2D eigenvalue weighted by Gasteiger charge is 2.51. The molecule has 0 radical (unpaired) electrons. The van der Waals surface area contributed by atoms with Crippen molar-refractivity contribution in [2.75, 3.05) is 47.4 Å². The SMILES string of the molecule is COc1ccc(OCC(O)C[N+]2=C(NCCN)N=C3C2C(=O)N(C)C(=O)N3C)cc1. The van der Waals surface area contributed by atoms with E-state index < -0.39 is 24.1 Å². The number of ether oxygens (including phenoxy) is 2. The molecule has 0 aromatic heterocycles. The van der Waals surface area contributed by atoms with E-state index in [1.165, 1.54) is 11.9 Å². The van der Waals surface area contributed by atoms with E-state index in [0.717, 1.165) is 4.90 Å². The molecule has 4 N–H and O–H groups in total. The molecule has 3 amide bonds. The zero-order chi connectivity index (χ0) is 21.8. The molecule has 1 aromatic rings. The number of β-amino-alcohol motifs (C(OH)–C–C–N with tert-alkyl or cyclic N) is 1. The van der Waals surface area contributed by atoms with Gasteiger partial charge in [-0.2, -0.15) is 0 Å². The van der Waals surface area contributed by atoms with Gasteiger partial charge in [0, 0.05) is 20.6 Å². The first-order valence-electron chi connectivity index (χ1n) is 9.53. The molecule has 11 heteroatoms. The number of imide groups is 1. The zero-order valence-electron chi connectivity index (χ0n) is 17.2. The number of aliphatic imine (C=N–C) groups is 1. The van der Waals surface area contributed by atoms with Gasteiger partial charge in [-0.05, 0) is 24.3 Å². The number of urea groups is 1. The van der Waals surface area contributed by atoms with Crippen molar-refractivity contribution in [1.82, 2.24) is 15.1 Å². The van der Waals surface area contributed by atoms with Gasteiger partial charge >= 0.3 is 12.0 Å². The molecule has 2 heterocycles. The number of nitrogens with zero attached hydrogens (tertiary/aromatic N) is 4. The fourth-order valence-corrected chi connectivity index (χ4v) is 3.26. The number of nitrogens with one attached hydrogen (secondary N) is 1. The quantitative estimate of drug-likeness (QED) is 0.444. The second-order valence-electron chi connectivity index (χ2n) is 6.94. The summed E-state index contributed by atoms with van der Waals surface area (Å²) < 4.78 is 12.4. The molecule has 2 aliphatic heterocycles. The van der Waals surface area contributed by atoms with E-state index in [1.54, 1.807) is 43.0 Å². The van der Waals surface area contributed by atoms with Crippen molar-refractivity contribution in [1.29, 1.82) is 0 Å². The molecule has 1 aromatic carbocycles. The van der Waals surface area contributed by atoms with Crippen molar-refractivity contribution in [3.63, 3.8) is 0 Å². The lowest BCUT2D eigenvalue weighted by molar-refractivity contribution is -0.545. The minimum Gasteiger partial charge on any atom is -0.497 e. The normalized spacial score (nSPS) is 19.6. The minimum absolute atomic E-state index is 0.00779. The summed E-state index contributed by atoms with van der Waals surface area (Å²) in [7, 11) is 4.56. The average Bonchev–Trinajstić information content (AvgIpc) is 3.11. The first-order chi connectivity index (χ1) is 14.4. The van der Waals surface area contributed by atoms with Crippen LogP contribution < -0.4 is 20.5 Å². The average molecular weight is 419 g/mol. The number of rotatable bonds is 8. The van der Waals surface area contributed by atoms with Gasteiger partial charge in [0.25, 0.3) is 5.91 Å². The smallest absolute Gasteiger partial charge is 0.390 e. The van der Waals surface area contributed by atoms with Crippen LogP contribution in [0, 0.1) is 0 Å². The maximum absolute atomic E-state index is 12.8. The minimum atomic E-state index is -0.919. The number of guanidine groups is 1. The van der Waals surface area contributed by atoms with Crippen molar-refractivity contribution in [2.24, 2.45) is 10.7 Å². The Morgan fingerprint density at radius 3 is 2.53 bits per heavy atom. The van der Waals surface area contributed by atoms with Crippen LogP contribution in [0.1, 0.15) is 0 Å². The number of amidine groups is 1. The second kappa shape index (κ2) is 9.09. The van der Waals surface area contributed by atoms with Crippen molar-refractivity contribution in [2.45, 2.75) is 12.1 Å². The number of likely N-dealkylation sites (N-methyl/N-ethyl adjacent to an activating group) is 2. The van der Waals surface area contributed by atoms with Crippen molar-refractivity contribution in [3.8, 4) is 11.5 Å². The van der Waals surface area contributed by atoms with Crippen LogP contribution in [0.5, 0.6) is 11.5 Å². The van der Waals surface area contributed by atoms with Gasteiger partial charge in [-0.3, -0.25) is 19.9 Å². The summed E-state index contributed by atoms with van der Waals surface area (Å²) in [5.41, 5.74) is 5.57. The fourth-order valence-electron chi connectivity index (χ4n) is 3.26. The fraction of sp³-hybridized carbons (Fsp3) is 0.474.